The van der Waals surface area contributed by atoms with Gasteiger partial charge in [0.05, 0.1) is 6.10 Å². The van der Waals surface area contributed by atoms with Crippen molar-refractivity contribution in [2.45, 2.75) is 45.0 Å². The summed E-state index contributed by atoms with van der Waals surface area (Å²) in [5, 5.41) is 6.87. The first-order valence-electron chi connectivity index (χ1n) is 5.93. The molecule has 0 atom stereocenters. The van der Waals surface area contributed by atoms with Crippen molar-refractivity contribution in [3.05, 3.63) is 0 Å². The van der Waals surface area contributed by atoms with Gasteiger partial charge in [0.1, 0.15) is 6.73 Å². The molecule has 1 rings (SSSR count). The van der Waals surface area contributed by atoms with Crippen LogP contribution in [0.15, 0.2) is 5.16 Å². The second-order valence-corrected chi connectivity index (χ2v) is 5.08. The van der Waals surface area contributed by atoms with E-state index < -0.39 is 0 Å². The molecule has 7 heteroatoms. The van der Waals surface area contributed by atoms with Crippen molar-refractivity contribution in [3.63, 3.8) is 0 Å². The Hall–Kier alpha value is -1.08. The molecule has 0 saturated heterocycles. The molecule has 0 unspecified atom stereocenters. The van der Waals surface area contributed by atoms with Gasteiger partial charge in [-0.2, -0.15) is 15.0 Å². The predicted octanol–water partition coefficient (Wildman–Crippen LogP) is 2.21. The highest BCUT2D eigenvalue weighted by Crippen LogP contribution is 2.14. The highest BCUT2D eigenvalue weighted by atomic mass is 32.2. The van der Waals surface area contributed by atoms with E-state index in [1.54, 1.807) is 0 Å². The third-order valence-electron chi connectivity index (χ3n) is 1.86. The highest BCUT2D eigenvalue weighted by molar-refractivity contribution is 7.98. The maximum Gasteiger partial charge on any atom is 0.230 e. The van der Waals surface area contributed by atoms with Crippen LogP contribution in [0.25, 0.3) is 0 Å². The largest absolute Gasteiger partial charge is 0.359 e. The summed E-state index contributed by atoms with van der Waals surface area (Å²) >= 11 is 1.48. The number of hydrogen-bond donors (Lipinski definition) is 2. The normalized spacial score (nSPS) is 11.1. The fraction of sp³-hybridized carbons (Fsp3) is 0.727. The molecule has 2 N–H and O–H groups in total. The summed E-state index contributed by atoms with van der Waals surface area (Å²) in [4.78, 5) is 12.8. The number of anilines is 2. The fourth-order valence-electron chi connectivity index (χ4n) is 1.12. The summed E-state index contributed by atoms with van der Waals surface area (Å²) in [5.74, 6) is 1.11. The van der Waals surface area contributed by atoms with E-state index in [9.17, 15) is 0 Å². The van der Waals surface area contributed by atoms with Crippen LogP contribution < -0.4 is 10.6 Å². The summed E-state index contributed by atoms with van der Waals surface area (Å²) in [5.41, 5.74) is 0. The lowest BCUT2D eigenvalue weighted by atomic mass is 10.4. The first kappa shape index (κ1) is 15.0. The molecule has 0 aliphatic carbocycles. The van der Waals surface area contributed by atoms with Crippen molar-refractivity contribution in [1.82, 2.24) is 15.0 Å². The van der Waals surface area contributed by atoms with Crippen LogP contribution in [0.4, 0.5) is 11.9 Å². The SMILES string of the molecule is CSc1nc(NCOC(C)C)nc(NC(C)C)n1. The molecule has 0 aliphatic rings. The van der Waals surface area contributed by atoms with Crippen molar-refractivity contribution < 1.29 is 4.74 Å². The molecule has 6 nitrogen and oxygen atoms in total. The number of thioether (sulfide) groups is 1. The van der Waals surface area contributed by atoms with Gasteiger partial charge in [-0.25, -0.2) is 0 Å². The molecule has 1 aromatic heterocycles. The van der Waals surface area contributed by atoms with Gasteiger partial charge in [0.15, 0.2) is 5.16 Å². The van der Waals surface area contributed by atoms with Crippen molar-refractivity contribution >= 4 is 23.7 Å². The topological polar surface area (TPSA) is 72.0 Å². The van der Waals surface area contributed by atoms with E-state index in [1.807, 2.05) is 34.0 Å². The quantitative estimate of drug-likeness (QED) is 0.582. The Labute approximate surface area is 112 Å². The average Bonchev–Trinajstić information content (AvgIpc) is 2.27. The van der Waals surface area contributed by atoms with Crippen LogP contribution in [0.3, 0.4) is 0 Å². The van der Waals surface area contributed by atoms with E-state index >= 15 is 0 Å². The van der Waals surface area contributed by atoms with Gasteiger partial charge in [-0.1, -0.05) is 11.8 Å². The summed E-state index contributed by atoms with van der Waals surface area (Å²) in [7, 11) is 0. The van der Waals surface area contributed by atoms with Crippen LogP contribution in [-0.4, -0.2) is 40.1 Å². The van der Waals surface area contributed by atoms with Crippen molar-refractivity contribution in [2.75, 3.05) is 23.6 Å². The van der Waals surface area contributed by atoms with E-state index in [0.717, 1.165) is 0 Å². The zero-order valence-electron chi connectivity index (χ0n) is 11.5. The van der Waals surface area contributed by atoms with Crippen molar-refractivity contribution in [1.29, 1.82) is 0 Å². The minimum absolute atomic E-state index is 0.174. The van der Waals surface area contributed by atoms with E-state index in [2.05, 4.69) is 25.6 Å². The van der Waals surface area contributed by atoms with Gasteiger partial charge in [-0.15, -0.1) is 0 Å². The molecule has 0 bridgehead atoms. The first-order chi connectivity index (χ1) is 8.51. The Bertz CT molecular complexity index is 372. The molecular formula is C11H21N5OS. The monoisotopic (exact) mass is 271 g/mol. The molecule has 0 fully saturated rings. The summed E-state index contributed by atoms with van der Waals surface area (Å²) in [6.45, 7) is 8.42. The van der Waals surface area contributed by atoms with E-state index in [0.29, 0.717) is 23.8 Å². The third kappa shape index (κ3) is 5.50. The maximum absolute atomic E-state index is 5.40. The molecule has 18 heavy (non-hydrogen) atoms. The van der Waals surface area contributed by atoms with Crippen molar-refractivity contribution in [3.8, 4) is 0 Å². The second-order valence-electron chi connectivity index (χ2n) is 4.30. The van der Waals surface area contributed by atoms with Crippen LogP contribution in [0.2, 0.25) is 0 Å². The Morgan fingerprint density at radius 2 is 1.78 bits per heavy atom. The lowest BCUT2D eigenvalue weighted by molar-refractivity contribution is 0.0935. The molecule has 1 aromatic rings. The molecule has 0 aromatic carbocycles. The molecule has 0 spiro atoms. The van der Waals surface area contributed by atoms with Gasteiger partial charge < -0.3 is 15.4 Å². The van der Waals surface area contributed by atoms with E-state index in [1.165, 1.54) is 11.8 Å². The van der Waals surface area contributed by atoms with Gasteiger partial charge in [0.25, 0.3) is 0 Å². The van der Waals surface area contributed by atoms with Crippen molar-refractivity contribution in [2.24, 2.45) is 0 Å². The fourth-order valence-corrected chi connectivity index (χ4v) is 1.48. The molecule has 0 saturated carbocycles. The number of hydrogen-bond acceptors (Lipinski definition) is 7. The van der Waals surface area contributed by atoms with Crippen LogP contribution in [0.1, 0.15) is 27.7 Å². The minimum atomic E-state index is 0.174. The molecule has 0 radical (unpaired) electrons. The van der Waals surface area contributed by atoms with Gasteiger partial charge in [0.2, 0.25) is 11.9 Å². The van der Waals surface area contributed by atoms with Crippen LogP contribution in [0.5, 0.6) is 0 Å². The number of nitrogens with zero attached hydrogens (tertiary/aromatic N) is 3. The molecular weight excluding hydrogens is 250 g/mol. The summed E-state index contributed by atoms with van der Waals surface area (Å²) in [6, 6.07) is 0.280. The lowest BCUT2D eigenvalue weighted by Gasteiger charge is -2.12. The minimum Gasteiger partial charge on any atom is -0.359 e. The van der Waals surface area contributed by atoms with E-state index in [4.69, 9.17) is 4.74 Å². The average molecular weight is 271 g/mol. The summed E-state index contributed by atoms with van der Waals surface area (Å²) < 4.78 is 5.40. The van der Waals surface area contributed by atoms with Crippen LogP contribution >= 0.6 is 11.8 Å². The first-order valence-corrected chi connectivity index (χ1v) is 7.15. The van der Waals surface area contributed by atoms with Gasteiger partial charge >= 0.3 is 0 Å². The standard InChI is InChI=1S/C11H21N5OS/c1-7(2)13-10-14-9(12-6-17-8(3)4)15-11(16-10)18-5/h7-8H,6H2,1-5H3,(H2,12,13,14,15,16). The highest BCUT2D eigenvalue weighted by Gasteiger charge is 2.06. The molecule has 0 amide bonds. The number of nitrogens with one attached hydrogen (secondary N) is 2. The number of ether oxygens (including phenoxy) is 1. The molecule has 1 heterocycles. The van der Waals surface area contributed by atoms with Gasteiger partial charge in [0, 0.05) is 6.04 Å². The molecule has 0 aliphatic heterocycles. The Morgan fingerprint density at radius 3 is 2.33 bits per heavy atom. The second kappa shape index (κ2) is 7.38. The summed E-state index contributed by atoms with van der Waals surface area (Å²) in [6.07, 6.45) is 2.11. The zero-order chi connectivity index (χ0) is 13.5. The van der Waals surface area contributed by atoms with Crippen LogP contribution in [-0.2, 0) is 4.74 Å². The Kier molecular flexibility index (Phi) is 6.14. The number of rotatable bonds is 7. The van der Waals surface area contributed by atoms with Gasteiger partial charge in [-0.3, -0.25) is 0 Å². The third-order valence-corrected chi connectivity index (χ3v) is 2.41. The molecule has 102 valence electrons. The predicted molar refractivity (Wildman–Crippen MR) is 75.1 cm³/mol. The zero-order valence-corrected chi connectivity index (χ0v) is 12.3. The lowest BCUT2D eigenvalue weighted by Crippen LogP contribution is -2.17. The smallest absolute Gasteiger partial charge is 0.230 e. The number of aromatic nitrogens is 3. The Balaban J connectivity index is 2.70. The maximum atomic E-state index is 5.40. The van der Waals surface area contributed by atoms with Gasteiger partial charge in [-0.05, 0) is 34.0 Å². The Morgan fingerprint density at radius 1 is 1.11 bits per heavy atom. The van der Waals surface area contributed by atoms with Crippen LogP contribution in [0, 0.1) is 0 Å². The van der Waals surface area contributed by atoms with E-state index in [-0.39, 0.29) is 12.1 Å².